The van der Waals surface area contributed by atoms with E-state index in [4.69, 9.17) is 9.47 Å². The van der Waals surface area contributed by atoms with Crippen LogP contribution in [0.1, 0.15) is 51.7 Å². The maximum Gasteiger partial charge on any atom is 0.325 e. The molecule has 0 spiro atoms. The lowest BCUT2D eigenvalue weighted by Gasteiger charge is -2.32. The van der Waals surface area contributed by atoms with Crippen LogP contribution in [0, 0.1) is 0 Å². The number of hydrogen-bond acceptors (Lipinski definition) is 7. The first-order valence-corrected chi connectivity index (χ1v) is 13.3. The highest BCUT2D eigenvalue weighted by Gasteiger charge is 2.32. The zero-order chi connectivity index (χ0) is 27.8. The molecule has 1 aliphatic heterocycles. The van der Waals surface area contributed by atoms with Crippen molar-refractivity contribution in [1.82, 2.24) is 20.0 Å². The second-order valence-corrected chi connectivity index (χ2v) is 9.84. The van der Waals surface area contributed by atoms with Crippen LogP contribution in [0.4, 0.5) is 19.4 Å². The van der Waals surface area contributed by atoms with E-state index < -0.39 is 11.8 Å². The number of unbranched alkanes of at least 4 members (excludes halogenated alkanes) is 2. The first-order valence-electron chi connectivity index (χ1n) is 13.3. The number of pyridine rings is 1. The van der Waals surface area contributed by atoms with Crippen molar-refractivity contribution in [3.8, 4) is 16.9 Å². The first kappa shape index (κ1) is 28.4. The summed E-state index contributed by atoms with van der Waals surface area (Å²) in [6.07, 6.45) is 4.33. The summed E-state index contributed by atoms with van der Waals surface area (Å²) in [6, 6.07) is 11.6. The Morgan fingerprint density at radius 3 is 2.51 bits per heavy atom. The average Bonchev–Trinajstić information content (AvgIpc) is 3.41. The predicted octanol–water partition coefficient (Wildman–Crippen LogP) is 5.70. The van der Waals surface area contributed by atoms with Gasteiger partial charge < -0.3 is 18.9 Å². The number of aryl methyl sites for hydroxylation is 1. The highest BCUT2D eigenvalue weighted by atomic mass is 19.3. The molecule has 2 aromatic heterocycles. The van der Waals surface area contributed by atoms with Crippen molar-refractivity contribution in [2.75, 3.05) is 37.7 Å². The van der Waals surface area contributed by atoms with Gasteiger partial charge in [0.2, 0.25) is 0 Å². The minimum atomic E-state index is -3.16. The monoisotopic (exact) mass is 543 g/mol. The van der Waals surface area contributed by atoms with Gasteiger partial charge in [0, 0.05) is 39.2 Å². The number of ether oxygens (including phenoxy) is 2. The quantitative estimate of drug-likeness (QED) is 0.286. The van der Waals surface area contributed by atoms with E-state index in [0.29, 0.717) is 57.9 Å². The van der Waals surface area contributed by atoms with Crippen molar-refractivity contribution >= 4 is 11.8 Å². The Morgan fingerprint density at radius 2 is 1.85 bits per heavy atom. The lowest BCUT2D eigenvalue weighted by atomic mass is 10.1. The van der Waals surface area contributed by atoms with Crippen molar-refractivity contribution in [2.45, 2.75) is 58.5 Å². The molecule has 1 fully saturated rings. The van der Waals surface area contributed by atoms with Crippen LogP contribution in [0.3, 0.4) is 0 Å². The Labute approximate surface area is 227 Å². The molecule has 2 amide bonds. The van der Waals surface area contributed by atoms with Crippen molar-refractivity contribution < 1.29 is 27.6 Å². The second-order valence-electron chi connectivity index (χ2n) is 9.84. The van der Waals surface area contributed by atoms with E-state index in [-0.39, 0.29) is 18.0 Å². The van der Waals surface area contributed by atoms with Crippen molar-refractivity contribution in [3.63, 3.8) is 0 Å². The molecule has 1 aliphatic rings. The summed E-state index contributed by atoms with van der Waals surface area (Å²) in [5.74, 6) is -2.20. The van der Waals surface area contributed by atoms with Gasteiger partial charge in [0.15, 0.2) is 5.82 Å². The van der Waals surface area contributed by atoms with Crippen LogP contribution in [0.2, 0.25) is 0 Å². The SMILES string of the molecule is CC(C)Oc1ccc(-c2ccnc(N(CCCCCc3noc(C(C)(F)F)n3)C(=O)N3CCOCC3)c2)cc1. The van der Waals surface area contributed by atoms with E-state index in [1.54, 1.807) is 16.0 Å². The van der Waals surface area contributed by atoms with Crippen LogP contribution in [0.5, 0.6) is 5.75 Å². The Hall–Kier alpha value is -3.60. The number of nitrogens with zero attached hydrogens (tertiary/aromatic N) is 5. The summed E-state index contributed by atoms with van der Waals surface area (Å²) in [5.41, 5.74) is 1.93. The lowest BCUT2D eigenvalue weighted by molar-refractivity contribution is -0.0158. The summed E-state index contributed by atoms with van der Waals surface area (Å²) in [7, 11) is 0. The maximum absolute atomic E-state index is 13.5. The van der Waals surface area contributed by atoms with E-state index in [1.807, 2.05) is 50.2 Å². The van der Waals surface area contributed by atoms with Gasteiger partial charge in [-0.05, 0) is 62.1 Å². The zero-order valence-corrected chi connectivity index (χ0v) is 22.6. The number of hydrogen-bond donors (Lipinski definition) is 0. The number of rotatable bonds is 11. The fraction of sp³-hybridized carbons (Fsp3) is 0.500. The van der Waals surface area contributed by atoms with Crippen LogP contribution >= 0.6 is 0 Å². The molecule has 9 nitrogen and oxygen atoms in total. The summed E-state index contributed by atoms with van der Waals surface area (Å²) in [5, 5.41) is 3.64. The number of carbonyl (C=O) groups excluding carboxylic acids is 1. The fourth-order valence-electron chi connectivity index (χ4n) is 4.24. The minimum absolute atomic E-state index is 0.0916. The highest BCUT2D eigenvalue weighted by Crippen LogP contribution is 2.27. The molecule has 11 heteroatoms. The molecular formula is C28H35F2N5O4. The zero-order valence-electron chi connectivity index (χ0n) is 22.6. The number of morpholine rings is 1. The van der Waals surface area contributed by atoms with Crippen LogP contribution < -0.4 is 9.64 Å². The number of halogens is 2. The van der Waals surface area contributed by atoms with Gasteiger partial charge in [-0.1, -0.05) is 23.7 Å². The molecule has 39 heavy (non-hydrogen) atoms. The van der Waals surface area contributed by atoms with Gasteiger partial charge in [-0.3, -0.25) is 4.90 Å². The number of aromatic nitrogens is 3. The Bertz CT molecular complexity index is 1210. The number of carbonyl (C=O) groups is 1. The van der Waals surface area contributed by atoms with Crippen LogP contribution in [0.25, 0.3) is 11.1 Å². The standard InChI is InChI=1S/C28H35F2N5O4/c1-20(2)38-23-10-8-21(9-11-23)22-12-13-31-25(19-22)35(27(36)34-15-17-37-18-16-34)14-6-4-5-7-24-32-26(39-33-24)28(3,29)30/h8-13,19-20H,4-7,14-18H2,1-3H3. The summed E-state index contributed by atoms with van der Waals surface area (Å²) in [4.78, 5) is 25.3. The molecule has 0 radical (unpaired) electrons. The van der Waals surface area contributed by atoms with Gasteiger partial charge >= 0.3 is 12.0 Å². The van der Waals surface area contributed by atoms with E-state index in [0.717, 1.165) is 30.2 Å². The van der Waals surface area contributed by atoms with Gasteiger partial charge in [-0.25, -0.2) is 9.78 Å². The molecule has 0 atom stereocenters. The van der Waals surface area contributed by atoms with Gasteiger partial charge in [0.05, 0.1) is 19.3 Å². The van der Waals surface area contributed by atoms with Crippen molar-refractivity contribution in [3.05, 3.63) is 54.3 Å². The van der Waals surface area contributed by atoms with Crippen molar-refractivity contribution in [2.24, 2.45) is 0 Å². The molecule has 1 aromatic carbocycles. The molecule has 3 aromatic rings. The number of anilines is 1. The molecule has 0 aliphatic carbocycles. The molecule has 210 valence electrons. The number of amides is 2. The second kappa shape index (κ2) is 13.0. The smallest absolute Gasteiger partial charge is 0.325 e. The van der Waals surface area contributed by atoms with Crippen LogP contribution in [-0.2, 0) is 17.1 Å². The summed E-state index contributed by atoms with van der Waals surface area (Å²) in [6.45, 7) is 7.20. The number of urea groups is 1. The molecule has 0 saturated carbocycles. The molecule has 0 unspecified atom stereocenters. The lowest BCUT2D eigenvalue weighted by Crippen LogP contribution is -2.49. The number of benzene rings is 1. The maximum atomic E-state index is 13.5. The van der Waals surface area contributed by atoms with Crippen molar-refractivity contribution in [1.29, 1.82) is 0 Å². The Balaban J connectivity index is 1.43. The molecule has 0 N–H and O–H groups in total. The molecule has 4 rings (SSSR count). The van der Waals surface area contributed by atoms with E-state index >= 15 is 0 Å². The molecule has 3 heterocycles. The van der Waals surface area contributed by atoms with Gasteiger partial charge in [-0.15, -0.1) is 0 Å². The fourth-order valence-corrected chi connectivity index (χ4v) is 4.24. The van der Waals surface area contributed by atoms with Crippen LogP contribution in [0.15, 0.2) is 47.1 Å². The normalized spacial score (nSPS) is 14.1. The molecular weight excluding hydrogens is 508 g/mol. The number of alkyl halides is 2. The topological polar surface area (TPSA) is 93.8 Å². The van der Waals surface area contributed by atoms with E-state index in [1.165, 1.54) is 0 Å². The average molecular weight is 544 g/mol. The summed E-state index contributed by atoms with van der Waals surface area (Å²) < 4.78 is 42.5. The van der Waals surface area contributed by atoms with Gasteiger partial charge in [0.1, 0.15) is 11.6 Å². The third kappa shape index (κ3) is 7.95. The molecule has 0 bridgehead atoms. The minimum Gasteiger partial charge on any atom is -0.491 e. The summed E-state index contributed by atoms with van der Waals surface area (Å²) >= 11 is 0. The first-order chi connectivity index (χ1) is 18.7. The molecule has 1 saturated heterocycles. The predicted molar refractivity (Wildman–Crippen MR) is 142 cm³/mol. The van der Waals surface area contributed by atoms with Gasteiger partial charge in [0.25, 0.3) is 5.89 Å². The highest BCUT2D eigenvalue weighted by molar-refractivity contribution is 5.91. The Kier molecular flexibility index (Phi) is 9.45. The van der Waals surface area contributed by atoms with E-state index in [2.05, 4.69) is 19.6 Å². The third-order valence-electron chi connectivity index (χ3n) is 6.22. The van der Waals surface area contributed by atoms with Gasteiger partial charge in [-0.2, -0.15) is 13.8 Å². The Morgan fingerprint density at radius 1 is 1.10 bits per heavy atom. The largest absolute Gasteiger partial charge is 0.491 e. The van der Waals surface area contributed by atoms with Crippen LogP contribution in [-0.4, -0.2) is 65.0 Å². The van der Waals surface area contributed by atoms with E-state index in [9.17, 15) is 13.6 Å². The third-order valence-corrected chi connectivity index (χ3v) is 6.22.